The molecule has 0 spiro atoms. The van der Waals surface area contributed by atoms with Crippen molar-refractivity contribution in [3.05, 3.63) is 78.5 Å². The topological polar surface area (TPSA) is 163 Å². The van der Waals surface area contributed by atoms with Crippen molar-refractivity contribution < 1.29 is 23.3 Å². The zero-order chi connectivity index (χ0) is 42.4. The van der Waals surface area contributed by atoms with E-state index >= 15 is 0 Å². The molecule has 3 amide bonds. The summed E-state index contributed by atoms with van der Waals surface area (Å²) in [4.78, 5) is 51.3. The lowest BCUT2D eigenvalue weighted by Crippen LogP contribution is -2.43. The fraction of sp³-hybridized carbons (Fsp3) is 0.405. The average Bonchev–Trinajstić information content (AvgIpc) is 4.17. The Morgan fingerprint density at radius 1 is 1.04 bits per heavy atom. The average molecular weight is 775 g/mol. The molecule has 298 valence electrons. The summed E-state index contributed by atoms with van der Waals surface area (Å²) in [6.07, 6.45) is 36.5. The fourth-order valence-electron chi connectivity index (χ4n) is 4.36. The Hall–Kier alpha value is -5.84. The van der Waals surface area contributed by atoms with Gasteiger partial charge in [0.1, 0.15) is 22.8 Å². The lowest BCUT2D eigenvalue weighted by Gasteiger charge is -2.28. The first-order chi connectivity index (χ1) is 26.5. The number of nitrogens with zero attached hydrogens (tertiary/aromatic N) is 2. The van der Waals surface area contributed by atoms with Crippen molar-refractivity contribution >= 4 is 46.2 Å². The van der Waals surface area contributed by atoms with E-state index in [1.54, 1.807) is 36.5 Å². The molecule has 55 heavy (non-hydrogen) atoms. The highest BCUT2D eigenvalue weighted by Gasteiger charge is 2.33. The molecular weight excluding hydrogens is 717 g/mol. The van der Waals surface area contributed by atoms with Crippen molar-refractivity contribution in [2.24, 2.45) is 5.41 Å². The van der Waals surface area contributed by atoms with Crippen molar-refractivity contribution in [3.8, 4) is 44.3 Å². The molecule has 2 aliphatic carbocycles. The largest absolute Gasteiger partial charge is 0.497 e. The quantitative estimate of drug-likeness (QED) is 0.127. The minimum absolute atomic E-state index is 0.0344. The van der Waals surface area contributed by atoms with Crippen LogP contribution in [-0.4, -0.2) is 74.8 Å². The Balaban J connectivity index is 0. The van der Waals surface area contributed by atoms with E-state index in [0.717, 1.165) is 68.3 Å². The molecule has 3 atom stereocenters. The Labute approximate surface area is 330 Å². The van der Waals surface area contributed by atoms with Crippen molar-refractivity contribution in [2.75, 3.05) is 19.0 Å². The zero-order valence-corrected chi connectivity index (χ0v) is 33.6. The summed E-state index contributed by atoms with van der Waals surface area (Å²) in [7, 11) is 0.527. The number of H-pyrrole nitrogens is 1. The van der Waals surface area contributed by atoms with Gasteiger partial charge in [0.15, 0.2) is 0 Å². The molecule has 3 aromatic rings. The SMILES string of the molecule is C#C.C#C.C#C.C=C.CC(Nc1cccnc1)C(C)(C)C.COc1ccc2c(=O)[nH]ccc2c1.O=CN1CCC[C@H]1C(=O)NC1CC1.O=CNS(=O)C1CC1. The first-order valence-corrected chi connectivity index (χ1v) is 18.6. The molecule has 0 bridgehead atoms. The normalized spacial score (nSPS) is 15.5. The number of benzene rings is 1. The van der Waals surface area contributed by atoms with Crippen LogP contribution in [0, 0.1) is 44.0 Å². The van der Waals surface area contributed by atoms with Gasteiger partial charge in [-0.3, -0.25) is 28.9 Å². The van der Waals surface area contributed by atoms with Gasteiger partial charge in [-0.1, -0.05) is 20.8 Å². The van der Waals surface area contributed by atoms with Crippen molar-refractivity contribution in [1.82, 2.24) is 24.9 Å². The third-order valence-electron chi connectivity index (χ3n) is 7.97. The number of aromatic nitrogens is 2. The third-order valence-corrected chi connectivity index (χ3v) is 9.38. The molecule has 1 aliphatic heterocycles. The maximum absolute atomic E-state index is 11.6. The molecule has 0 radical (unpaired) electrons. The molecule has 2 saturated carbocycles. The van der Waals surface area contributed by atoms with Crippen LogP contribution in [0.5, 0.6) is 5.75 Å². The summed E-state index contributed by atoms with van der Waals surface area (Å²) in [5.41, 5.74) is 1.29. The van der Waals surface area contributed by atoms with Crippen LogP contribution in [0.2, 0.25) is 0 Å². The minimum atomic E-state index is -1.08. The van der Waals surface area contributed by atoms with Crippen LogP contribution >= 0.6 is 0 Å². The molecule has 3 fully saturated rings. The number of hydrogen-bond acceptors (Lipinski definition) is 8. The van der Waals surface area contributed by atoms with Gasteiger partial charge < -0.3 is 25.3 Å². The molecule has 1 saturated heterocycles. The van der Waals surface area contributed by atoms with Gasteiger partial charge in [-0.25, -0.2) is 4.21 Å². The monoisotopic (exact) mass is 774 g/mol. The van der Waals surface area contributed by atoms with Crippen LogP contribution in [0.15, 0.2) is 72.9 Å². The highest BCUT2D eigenvalue weighted by atomic mass is 32.2. The van der Waals surface area contributed by atoms with E-state index in [-0.39, 0.29) is 28.2 Å². The summed E-state index contributed by atoms with van der Waals surface area (Å²) in [6.45, 7) is 15.6. The van der Waals surface area contributed by atoms with Gasteiger partial charge >= 0.3 is 0 Å². The number of pyridine rings is 2. The molecular formula is C42H58N6O6S. The molecule has 12 nitrogen and oxygen atoms in total. The number of aromatic amines is 1. The molecule has 3 aliphatic rings. The van der Waals surface area contributed by atoms with Gasteiger partial charge in [0.2, 0.25) is 18.7 Å². The Bertz CT molecular complexity index is 1660. The van der Waals surface area contributed by atoms with Crippen LogP contribution in [0.25, 0.3) is 10.8 Å². The second-order valence-electron chi connectivity index (χ2n) is 12.8. The van der Waals surface area contributed by atoms with Crippen LogP contribution in [-0.2, 0) is 25.4 Å². The Morgan fingerprint density at radius 3 is 2.16 bits per heavy atom. The first kappa shape index (κ1) is 51.3. The van der Waals surface area contributed by atoms with Gasteiger partial charge in [0, 0.05) is 42.6 Å². The number of anilines is 1. The molecule has 1 aromatic carbocycles. The van der Waals surface area contributed by atoms with Gasteiger partial charge in [0.05, 0.1) is 18.0 Å². The summed E-state index contributed by atoms with van der Waals surface area (Å²) < 4.78 is 17.8. The Kier molecular flexibility index (Phi) is 27.6. The Morgan fingerprint density at radius 2 is 1.67 bits per heavy atom. The van der Waals surface area contributed by atoms with E-state index in [4.69, 9.17) is 4.74 Å². The first-order valence-electron chi connectivity index (χ1n) is 17.4. The molecule has 2 unspecified atom stereocenters. The zero-order valence-electron chi connectivity index (χ0n) is 32.7. The summed E-state index contributed by atoms with van der Waals surface area (Å²) in [5, 5.41) is 8.17. The number of carbonyl (C=O) groups excluding carboxylic acids is 3. The number of nitrogens with one attached hydrogen (secondary N) is 4. The third kappa shape index (κ3) is 20.8. The van der Waals surface area contributed by atoms with Crippen LogP contribution in [0.4, 0.5) is 5.69 Å². The van der Waals surface area contributed by atoms with E-state index in [2.05, 4.69) is 105 Å². The number of methoxy groups -OCH3 is 1. The summed E-state index contributed by atoms with van der Waals surface area (Å²) in [6, 6.07) is 11.8. The fourth-order valence-corrected chi connectivity index (χ4v) is 5.21. The number of terminal acetylenes is 3. The maximum atomic E-state index is 11.6. The summed E-state index contributed by atoms with van der Waals surface area (Å²) in [5.74, 6) is 0.796. The number of ether oxygens (including phenoxy) is 1. The van der Waals surface area contributed by atoms with E-state index in [0.29, 0.717) is 23.9 Å². The van der Waals surface area contributed by atoms with Crippen molar-refractivity contribution in [3.63, 3.8) is 0 Å². The minimum Gasteiger partial charge on any atom is -0.497 e. The highest BCUT2D eigenvalue weighted by molar-refractivity contribution is 7.84. The number of likely N-dealkylation sites (tertiary alicyclic amines) is 1. The number of fused-ring (bicyclic) bond motifs is 1. The number of carbonyl (C=O) groups is 3. The standard InChI is InChI=1S/C11H18N2.C10H9NO2.C9H14N2O2.C4H7NO2S.C2H4.3C2H2/c1-9(11(2,3)4)13-10-6-5-7-12-8-10;1-13-8-2-3-9-7(6-8)4-5-11-10(9)12;12-6-11-5-1-2-8(11)9(13)10-7-3-4-7;6-3-5-8(7)4-1-2-4;4*1-2/h5-9,13H,1-4H3;2-6H,1H3,(H,11,12);6-8H,1-5H2,(H,10,13);3-4H,1-2H2,(H,5,6);1-2H2;3*1-2H/t;;8-;;;;;/m..0...../s1. The van der Waals surface area contributed by atoms with Crippen LogP contribution in [0.3, 0.4) is 0 Å². The maximum Gasteiger partial charge on any atom is 0.255 e. The summed E-state index contributed by atoms with van der Waals surface area (Å²) >= 11 is 0. The van der Waals surface area contributed by atoms with Crippen molar-refractivity contribution in [2.45, 2.75) is 89.6 Å². The lowest BCUT2D eigenvalue weighted by molar-refractivity contribution is -0.131. The van der Waals surface area contributed by atoms with Gasteiger partial charge in [-0.2, -0.15) is 0 Å². The van der Waals surface area contributed by atoms with Crippen LogP contribution in [0.1, 0.15) is 66.2 Å². The number of rotatable bonds is 9. The van der Waals surface area contributed by atoms with Gasteiger partial charge in [-0.15, -0.1) is 51.7 Å². The number of hydrogen-bond donors (Lipinski definition) is 4. The van der Waals surface area contributed by atoms with E-state index in [1.165, 1.54) is 0 Å². The van der Waals surface area contributed by atoms with E-state index < -0.39 is 11.0 Å². The van der Waals surface area contributed by atoms with E-state index in [9.17, 15) is 23.4 Å². The van der Waals surface area contributed by atoms with Crippen LogP contribution < -0.4 is 25.7 Å². The molecule has 13 heteroatoms. The predicted octanol–water partition coefficient (Wildman–Crippen LogP) is 5.46. The molecule has 4 N–H and O–H groups in total. The van der Waals surface area contributed by atoms with Gasteiger partial charge in [0.25, 0.3) is 5.56 Å². The lowest BCUT2D eigenvalue weighted by atomic mass is 9.88. The van der Waals surface area contributed by atoms with E-state index in [1.807, 2.05) is 30.5 Å². The highest BCUT2D eigenvalue weighted by Crippen LogP contribution is 2.24. The second kappa shape index (κ2) is 29.6. The van der Waals surface area contributed by atoms with Gasteiger partial charge in [-0.05, 0) is 92.6 Å². The molecule has 6 rings (SSSR count). The smallest absolute Gasteiger partial charge is 0.255 e. The second-order valence-corrected chi connectivity index (χ2v) is 14.2. The number of amides is 3. The molecule has 2 aromatic heterocycles. The van der Waals surface area contributed by atoms with Crippen molar-refractivity contribution in [1.29, 1.82) is 0 Å². The predicted molar refractivity (Wildman–Crippen MR) is 226 cm³/mol. The molecule has 3 heterocycles.